The number of amides is 1. The summed E-state index contributed by atoms with van der Waals surface area (Å²) in [5.41, 5.74) is 2.61. The van der Waals surface area contributed by atoms with Gasteiger partial charge in [0, 0.05) is 6.54 Å². The first kappa shape index (κ1) is 22.0. The van der Waals surface area contributed by atoms with Crippen LogP contribution >= 0.6 is 11.6 Å². The molecule has 1 amide bonds. The van der Waals surface area contributed by atoms with Gasteiger partial charge in [-0.2, -0.15) is 0 Å². The zero-order valence-electron chi connectivity index (χ0n) is 18.1. The predicted octanol–water partition coefficient (Wildman–Crippen LogP) is 5.39. The van der Waals surface area contributed by atoms with E-state index in [1.807, 2.05) is 36.4 Å². The summed E-state index contributed by atoms with van der Waals surface area (Å²) in [6.45, 7) is 0.435. The average Bonchev–Trinajstić information content (AvgIpc) is 3.66. The van der Waals surface area contributed by atoms with Gasteiger partial charge in [-0.3, -0.25) is 4.79 Å². The number of rotatable bonds is 9. The van der Waals surface area contributed by atoms with Crippen LogP contribution in [0.3, 0.4) is 0 Å². The van der Waals surface area contributed by atoms with Crippen LogP contribution in [0, 0.1) is 0 Å². The van der Waals surface area contributed by atoms with Gasteiger partial charge in [0.05, 0.1) is 26.0 Å². The van der Waals surface area contributed by atoms with Crippen LogP contribution in [-0.4, -0.2) is 31.7 Å². The molecule has 0 aliphatic heterocycles. The number of carbonyl (C=O) groups excluding carboxylic acids is 1. The van der Waals surface area contributed by atoms with Gasteiger partial charge in [-0.1, -0.05) is 29.8 Å². The molecule has 0 bridgehead atoms. The summed E-state index contributed by atoms with van der Waals surface area (Å²) in [4.78, 5) is 17.0. The Labute approximate surface area is 192 Å². The van der Waals surface area contributed by atoms with Crippen molar-refractivity contribution in [2.45, 2.75) is 25.2 Å². The van der Waals surface area contributed by atoms with Crippen molar-refractivity contribution in [2.24, 2.45) is 0 Å². The molecule has 7 heteroatoms. The highest BCUT2D eigenvalue weighted by Crippen LogP contribution is 2.41. The lowest BCUT2D eigenvalue weighted by Gasteiger charge is -2.13. The normalized spacial score (nSPS) is 12.8. The number of halogens is 1. The number of hydrogen-bond donors (Lipinski definition) is 1. The van der Waals surface area contributed by atoms with Gasteiger partial charge in [0.25, 0.3) is 5.91 Å². The van der Waals surface area contributed by atoms with Crippen LogP contribution < -0.4 is 19.5 Å². The molecule has 0 saturated heterocycles. The number of nitrogens with one attached hydrogen (secondary N) is 1. The van der Waals surface area contributed by atoms with E-state index in [2.05, 4.69) is 16.4 Å². The third-order valence-electron chi connectivity index (χ3n) is 5.36. The summed E-state index contributed by atoms with van der Waals surface area (Å²) in [7, 11) is 3.19. The van der Waals surface area contributed by atoms with Crippen molar-refractivity contribution < 1.29 is 19.0 Å². The van der Waals surface area contributed by atoms with Crippen LogP contribution in [0.4, 0.5) is 0 Å². The Balaban J connectivity index is 1.43. The molecular weight excluding hydrogens is 428 g/mol. The molecule has 1 saturated carbocycles. The van der Waals surface area contributed by atoms with Gasteiger partial charge in [-0.25, -0.2) is 4.98 Å². The van der Waals surface area contributed by atoms with E-state index in [-0.39, 0.29) is 11.1 Å². The van der Waals surface area contributed by atoms with E-state index >= 15 is 0 Å². The Kier molecular flexibility index (Phi) is 6.81. The smallest absolute Gasteiger partial charge is 0.255 e. The van der Waals surface area contributed by atoms with Gasteiger partial charge in [-0.05, 0) is 66.6 Å². The first-order valence-corrected chi connectivity index (χ1v) is 10.9. The van der Waals surface area contributed by atoms with Crippen LogP contribution in [0.15, 0.2) is 54.7 Å². The molecule has 4 rings (SSSR count). The summed E-state index contributed by atoms with van der Waals surface area (Å²) in [5.74, 6) is 2.70. The monoisotopic (exact) mass is 452 g/mol. The van der Waals surface area contributed by atoms with Crippen molar-refractivity contribution in [2.75, 3.05) is 20.8 Å². The van der Waals surface area contributed by atoms with Crippen LogP contribution in [-0.2, 0) is 6.42 Å². The molecule has 1 fully saturated rings. The predicted molar refractivity (Wildman–Crippen MR) is 123 cm³/mol. The molecule has 1 aliphatic rings. The van der Waals surface area contributed by atoms with Crippen LogP contribution in [0.2, 0.25) is 5.15 Å². The Bertz CT molecular complexity index is 1110. The van der Waals surface area contributed by atoms with Crippen LogP contribution in [0.5, 0.6) is 23.0 Å². The molecule has 0 spiro atoms. The van der Waals surface area contributed by atoms with Crippen molar-refractivity contribution in [3.63, 3.8) is 0 Å². The van der Waals surface area contributed by atoms with Gasteiger partial charge >= 0.3 is 0 Å². The number of aromatic nitrogens is 1. The Morgan fingerprint density at radius 1 is 1.06 bits per heavy atom. The van der Waals surface area contributed by atoms with E-state index in [0.29, 0.717) is 47.4 Å². The SMILES string of the molecule is COc1ccc(CCNC(=O)c2cc(Cl)ncc2Oc2cccc(C3CC3)c2)cc1OC. The number of ether oxygens (including phenoxy) is 3. The average molecular weight is 453 g/mol. The lowest BCUT2D eigenvalue weighted by atomic mass is 10.1. The molecule has 1 aromatic heterocycles. The molecule has 32 heavy (non-hydrogen) atoms. The van der Waals surface area contributed by atoms with E-state index in [1.54, 1.807) is 14.2 Å². The highest BCUT2D eigenvalue weighted by molar-refractivity contribution is 6.29. The molecule has 6 nitrogen and oxygen atoms in total. The second kappa shape index (κ2) is 9.92. The van der Waals surface area contributed by atoms with E-state index < -0.39 is 0 Å². The molecule has 1 heterocycles. The number of hydrogen-bond acceptors (Lipinski definition) is 5. The quantitative estimate of drug-likeness (QED) is 0.440. The number of methoxy groups -OCH3 is 2. The highest BCUT2D eigenvalue weighted by atomic mass is 35.5. The lowest BCUT2D eigenvalue weighted by molar-refractivity contribution is 0.0951. The summed E-state index contributed by atoms with van der Waals surface area (Å²) >= 11 is 6.06. The second-order valence-corrected chi connectivity index (χ2v) is 8.03. The van der Waals surface area contributed by atoms with Crippen molar-refractivity contribution >= 4 is 17.5 Å². The fraction of sp³-hybridized carbons (Fsp3) is 0.280. The maximum atomic E-state index is 12.9. The van der Waals surface area contributed by atoms with Gasteiger partial charge in [-0.15, -0.1) is 0 Å². The number of nitrogens with zero attached hydrogens (tertiary/aromatic N) is 1. The van der Waals surface area contributed by atoms with Crippen molar-refractivity contribution in [1.82, 2.24) is 10.3 Å². The lowest BCUT2D eigenvalue weighted by Crippen LogP contribution is -2.26. The number of benzene rings is 2. The second-order valence-electron chi connectivity index (χ2n) is 7.65. The van der Waals surface area contributed by atoms with Gasteiger partial charge in [0.15, 0.2) is 17.2 Å². The zero-order chi connectivity index (χ0) is 22.5. The maximum absolute atomic E-state index is 12.9. The minimum atomic E-state index is -0.275. The molecule has 0 unspecified atom stereocenters. The van der Waals surface area contributed by atoms with E-state index in [9.17, 15) is 4.79 Å². The molecule has 0 radical (unpaired) electrons. The van der Waals surface area contributed by atoms with Crippen molar-refractivity contribution in [1.29, 1.82) is 0 Å². The topological polar surface area (TPSA) is 69.7 Å². The molecule has 2 aromatic carbocycles. The minimum Gasteiger partial charge on any atom is -0.493 e. The fourth-order valence-electron chi connectivity index (χ4n) is 3.50. The zero-order valence-corrected chi connectivity index (χ0v) is 18.8. The number of pyridine rings is 1. The van der Waals surface area contributed by atoms with Gasteiger partial charge in [0.2, 0.25) is 0 Å². The fourth-order valence-corrected chi connectivity index (χ4v) is 3.66. The van der Waals surface area contributed by atoms with Crippen LogP contribution in [0.25, 0.3) is 0 Å². The standard InChI is InChI=1S/C25H25ClN2O4/c1-30-21-9-6-16(12-22(21)31-2)10-11-27-25(29)20-14-24(26)28-15-23(20)32-19-5-3-4-18(13-19)17-7-8-17/h3-6,9,12-15,17H,7-8,10-11H2,1-2H3,(H,27,29). The Morgan fingerprint density at radius 3 is 2.62 bits per heavy atom. The van der Waals surface area contributed by atoms with E-state index in [4.69, 9.17) is 25.8 Å². The first-order chi connectivity index (χ1) is 15.6. The van der Waals surface area contributed by atoms with E-state index in [1.165, 1.54) is 30.7 Å². The molecule has 1 N–H and O–H groups in total. The Morgan fingerprint density at radius 2 is 1.88 bits per heavy atom. The van der Waals surface area contributed by atoms with Crippen molar-refractivity contribution in [3.8, 4) is 23.0 Å². The summed E-state index contributed by atoms with van der Waals surface area (Å²) < 4.78 is 16.6. The number of carbonyl (C=O) groups is 1. The summed E-state index contributed by atoms with van der Waals surface area (Å²) in [5, 5.41) is 3.16. The molecule has 3 aromatic rings. The first-order valence-electron chi connectivity index (χ1n) is 10.5. The summed E-state index contributed by atoms with van der Waals surface area (Å²) in [6, 6.07) is 15.2. The maximum Gasteiger partial charge on any atom is 0.255 e. The van der Waals surface area contributed by atoms with Crippen molar-refractivity contribution in [3.05, 3.63) is 76.6 Å². The molecule has 1 aliphatic carbocycles. The molecular formula is C25H25ClN2O4. The third-order valence-corrected chi connectivity index (χ3v) is 5.57. The Hall–Kier alpha value is -3.25. The van der Waals surface area contributed by atoms with E-state index in [0.717, 1.165) is 5.56 Å². The molecule has 0 atom stereocenters. The molecule has 166 valence electrons. The summed E-state index contributed by atoms with van der Waals surface area (Å²) in [6.07, 6.45) is 4.53. The van der Waals surface area contributed by atoms with Crippen LogP contribution in [0.1, 0.15) is 40.2 Å². The van der Waals surface area contributed by atoms with Gasteiger partial charge < -0.3 is 19.5 Å². The third kappa shape index (κ3) is 5.32. The highest BCUT2D eigenvalue weighted by Gasteiger charge is 2.24. The minimum absolute atomic E-state index is 0.231. The largest absolute Gasteiger partial charge is 0.493 e. The van der Waals surface area contributed by atoms with Gasteiger partial charge in [0.1, 0.15) is 10.9 Å².